The minimum Gasteiger partial charge on any atom is -0.399 e. The van der Waals surface area contributed by atoms with Gasteiger partial charge in [0.1, 0.15) is 5.69 Å². The van der Waals surface area contributed by atoms with Gasteiger partial charge in [0.2, 0.25) is 0 Å². The van der Waals surface area contributed by atoms with Crippen LogP contribution in [0.15, 0.2) is 71.9 Å². The number of hydrogen-bond donors (Lipinski definition) is 2. The lowest BCUT2D eigenvalue weighted by atomic mass is 10.1. The van der Waals surface area contributed by atoms with Gasteiger partial charge in [0.05, 0.1) is 4.90 Å². The van der Waals surface area contributed by atoms with E-state index in [9.17, 15) is 8.42 Å². The van der Waals surface area contributed by atoms with Gasteiger partial charge in [-0.15, -0.1) is 0 Å². The van der Waals surface area contributed by atoms with Gasteiger partial charge in [0.15, 0.2) is 5.82 Å². The molecule has 2 aromatic carbocycles. The predicted octanol–water partition coefficient (Wildman–Crippen LogP) is 2.53. The summed E-state index contributed by atoms with van der Waals surface area (Å²) in [5.74, 6) is 0.176. The van der Waals surface area contributed by atoms with Gasteiger partial charge in [-0.1, -0.05) is 30.3 Å². The van der Waals surface area contributed by atoms with E-state index in [1.807, 2.05) is 30.3 Å². The maximum atomic E-state index is 12.5. The van der Waals surface area contributed by atoms with Crippen molar-refractivity contribution in [3.8, 4) is 11.3 Å². The Balaban J connectivity index is 1.99. The molecule has 3 rings (SSSR count). The number of rotatable bonds is 4. The fraction of sp³-hybridized carbons (Fsp3) is 0. The van der Waals surface area contributed by atoms with Crippen molar-refractivity contribution in [1.29, 1.82) is 0 Å². The van der Waals surface area contributed by atoms with Crippen LogP contribution in [0.4, 0.5) is 11.5 Å². The topological polar surface area (TPSA) is 98.0 Å². The van der Waals surface area contributed by atoms with Crippen LogP contribution in [-0.4, -0.2) is 18.4 Å². The van der Waals surface area contributed by atoms with E-state index in [1.54, 1.807) is 0 Å². The van der Waals surface area contributed by atoms with Crippen molar-refractivity contribution in [2.75, 3.05) is 10.5 Å². The highest BCUT2D eigenvalue weighted by molar-refractivity contribution is 7.92. The van der Waals surface area contributed by atoms with Crippen molar-refractivity contribution in [1.82, 2.24) is 9.97 Å². The molecule has 23 heavy (non-hydrogen) atoms. The molecule has 0 spiro atoms. The number of aromatic nitrogens is 2. The zero-order valence-electron chi connectivity index (χ0n) is 12.0. The molecule has 116 valence electrons. The van der Waals surface area contributed by atoms with E-state index in [0.29, 0.717) is 11.4 Å². The summed E-state index contributed by atoms with van der Waals surface area (Å²) in [5, 5.41) is 0. The first kappa shape index (κ1) is 15.0. The van der Waals surface area contributed by atoms with Crippen LogP contribution >= 0.6 is 0 Å². The molecule has 1 heterocycles. The van der Waals surface area contributed by atoms with Crippen molar-refractivity contribution in [3.05, 3.63) is 67.0 Å². The number of sulfonamides is 1. The normalized spacial score (nSPS) is 11.1. The van der Waals surface area contributed by atoms with Gasteiger partial charge in [-0.05, 0) is 24.3 Å². The first-order valence-electron chi connectivity index (χ1n) is 6.81. The number of benzene rings is 2. The number of hydrogen-bond acceptors (Lipinski definition) is 5. The van der Waals surface area contributed by atoms with Crippen LogP contribution in [0, 0.1) is 0 Å². The van der Waals surface area contributed by atoms with Gasteiger partial charge in [-0.25, -0.2) is 13.4 Å². The molecule has 0 atom stereocenters. The van der Waals surface area contributed by atoms with E-state index in [0.717, 1.165) is 5.56 Å². The second-order valence-corrected chi connectivity index (χ2v) is 6.48. The Kier molecular flexibility index (Phi) is 3.94. The largest absolute Gasteiger partial charge is 0.399 e. The van der Waals surface area contributed by atoms with E-state index in [4.69, 9.17) is 5.73 Å². The third-order valence-corrected chi connectivity index (χ3v) is 4.52. The Bertz CT molecular complexity index is 910. The average molecular weight is 326 g/mol. The zero-order chi connectivity index (χ0) is 16.3. The minimum atomic E-state index is -3.77. The fourth-order valence-corrected chi connectivity index (χ4v) is 3.07. The monoisotopic (exact) mass is 326 g/mol. The molecule has 3 N–H and O–H groups in total. The Morgan fingerprint density at radius 3 is 2.22 bits per heavy atom. The standard InChI is InChI=1S/C16H14N4O2S/c17-13-6-8-14(9-7-13)23(21,22)20-16-15(18-10-11-19-16)12-4-2-1-3-5-12/h1-11H,17H2,(H,19,20). The molecular weight excluding hydrogens is 312 g/mol. The molecular formula is C16H14N4O2S. The van der Waals surface area contributed by atoms with E-state index in [-0.39, 0.29) is 10.7 Å². The maximum absolute atomic E-state index is 12.5. The third-order valence-electron chi connectivity index (χ3n) is 3.17. The van der Waals surface area contributed by atoms with Gasteiger partial charge < -0.3 is 5.73 Å². The highest BCUT2D eigenvalue weighted by Crippen LogP contribution is 2.25. The Morgan fingerprint density at radius 1 is 0.870 bits per heavy atom. The molecule has 0 aliphatic rings. The lowest BCUT2D eigenvalue weighted by Gasteiger charge is -2.11. The highest BCUT2D eigenvalue weighted by Gasteiger charge is 2.18. The first-order valence-corrected chi connectivity index (χ1v) is 8.29. The van der Waals surface area contributed by atoms with Crippen LogP contribution in [0.25, 0.3) is 11.3 Å². The smallest absolute Gasteiger partial charge is 0.263 e. The first-order chi connectivity index (χ1) is 11.1. The number of anilines is 2. The van der Waals surface area contributed by atoms with Crippen LogP contribution in [-0.2, 0) is 10.0 Å². The van der Waals surface area contributed by atoms with Gasteiger partial charge >= 0.3 is 0 Å². The molecule has 3 aromatic rings. The maximum Gasteiger partial charge on any atom is 0.263 e. The number of nitrogens with zero attached hydrogens (tertiary/aromatic N) is 2. The summed E-state index contributed by atoms with van der Waals surface area (Å²) in [4.78, 5) is 8.45. The third kappa shape index (κ3) is 3.29. The summed E-state index contributed by atoms with van der Waals surface area (Å²) in [5.41, 5.74) is 7.32. The summed E-state index contributed by atoms with van der Waals surface area (Å²) < 4.78 is 27.4. The van der Waals surface area contributed by atoms with Crippen LogP contribution in [0.3, 0.4) is 0 Å². The van der Waals surface area contributed by atoms with E-state index >= 15 is 0 Å². The van der Waals surface area contributed by atoms with Crippen LogP contribution < -0.4 is 10.5 Å². The van der Waals surface area contributed by atoms with Gasteiger partial charge in [0.25, 0.3) is 10.0 Å². The second-order valence-electron chi connectivity index (χ2n) is 4.79. The minimum absolute atomic E-state index is 0.108. The number of nitrogens with one attached hydrogen (secondary N) is 1. The molecule has 0 amide bonds. The van der Waals surface area contributed by atoms with Crippen LogP contribution in [0.5, 0.6) is 0 Å². The van der Waals surface area contributed by atoms with Crippen molar-refractivity contribution >= 4 is 21.5 Å². The number of nitrogens with two attached hydrogens (primary N) is 1. The molecule has 0 bridgehead atoms. The lowest BCUT2D eigenvalue weighted by molar-refractivity contribution is 0.601. The van der Waals surface area contributed by atoms with Crippen molar-refractivity contribution in [2.45, 2.75) is 4.90 Å². The van der Waals surface area contributed by atoms with E-state index < -0.39 is 10.0 Å². The summed E-state index contributed by atoms with van der Waals surface area (Å²) in [6.07, 6.45) is 2.95. The Morgan fingerprint density at radius 2 is 1.52 bits per heavy atom. The molecule has 0 radical (unpaired) electrons. The molecule has 0 saturated heterocycles. The predicted molar refractivity (Wildman–Crippen MR) is 89.1 cm³/mol. The van der Waals surface area contributed by atoms with E-state index in [2.05, 4.69) is 14.7 Å². The molecule has 6 nitrogen and oxygen atoms in total. The molecule has 0 fully saturated rings. The van der Waals surface area contributed by atoms with Gasteiger partial charge in [0, 0.05) is 23.6 Å². The second kappa shape index (κ2) is 6.05. The highest BCUT2D eigenvalue weighted by atomic mass is 32.2. The summed E-state index contributed by atoms with van der Waals surface area (Å²) >= 11 is 0. The van der Waals surface area contributed by atoms with Crippen LogP contribution in [0.2, 0.25) is 0 Å². The summed E-state index contributed by atoms with van der Waals surface area (Å²) in [6, 6.07) is 15.2. The molecule has 1 aromatic heterocycles. The summed E-state index contributed by atoms with van der Waals surface area (Å²) in [7, 11) is -3.77. The Labute approximate surface area is 134 Å². The Hall–Kier alpha value is -2.93. The SMILES string of the molecule is Nc1ccc(S(=O)(=O)Nc2nccnc2-c2ccccc2)cc1. The lowest BCUT2D eigenvalue weighted by Crippen LogP contribution is -2.15. The van der Waals surface area contributed by atoms with Gasteiger partial charge in [-0.3, -0.25) is 9.71 Å². The molecule has 0 aliphatic heterocycles. The zero-order valence-corrected chi connectivity index (χ0v) is 12.9. The summed E-state index contributed by atoms with van der Waals surface area (Å²) in [6.45, 7) is 0. The van der Waals surface area contributed by atoms with Crippen molar-refractivity contribution in [3.63, 3.8) is 0 Å². The van der Waals surface area contributed by atoms with Crippen molar-refractivity contribution in [2.24, 2.45) is 0 Å². The molecule has 7 heteroatoms. The molecule has 0 saturated carbocycles. The van der Waals surface area contributed by atoms with Gasteiger partial charge in [-0.2, -0.15) is 0 Å². The molecule has 0 unspecified atom stereocenters. The fourth-order valence-electron chi connectivity index (χ4n) is 2.05. The quantitative estimate of drug-likeness (QED) is 0.718. The van der Waals surface area contributed by atoms with E-state index in [1.165, 1.54) is 36.7 Å². The van der Waals surface area contributed by atoms with Crippen LogP contribution in [0.1, 0.15) is 0 Å². The average Bonchev–Trinajstić information content (AvgIpc) is 2.56. The number of nitrogen functional groups attached to an aromatic ring is 1. The molecule has 0 aliphatic carbocycles. The van der Waals surface area contributed by atoms with Crippen molar-refractivity contribution < 1.29 is 8.42 Å².